The molecular weight excluding hydrogens is 238 g/mol. The third-order valence-corrected chi connectivity index (χ3v) is 4.40. The molecule has 1 aromatic carbocycles. The zero-order chi connectivity index (χ0) is 13.1. The summed E-state index contributed by atoms with van der Waals surface area (Å²) in [5.41, 5.74) is 2.76. The van der Waals surface area contributed by atoms with Gasteiger partial charge in [0.2, 0.25) is 0 Å². The van der Waals surface area contributed by atoms with Gasteiger partial charge in [-0.1, -0.05) is 24.3 Å². The first-order valence-electron chi connectivity index (χ1n) is 7.27. The van der Waals surface area contributed by atoms with Gasteiger partial charge < -0.3 is 14.8 Å². The lowest BCUT2D eigenvalue weighted by atomic mass is 9.89. The zero-order valence-corrected chi connectivity index (χ0v) is 11.7. The minimum atomic E-state index is 0.00164. The van der Waals surface area contributed by atoms with Gasteiger partial charge in [0.25, 0.3) is 0 Å². The van der Waals surface area contributed by atoms with Gasteiger partial charge in [-0.15, -0.1) is 0 Å². The predicted octanol–water partition coefficient (Wildman–Crippen LogP) is 2.42. The summed E-state index contributed by atoms with van der Waals surface area (Å²) in [4.78, 5) is 0. The Labute approximate surface area is 115 Å². The molecule has 1 spiro atoms. The van der Waals surface area contributed by atoms with Crippen LogP contribution in [0.3, 0.4) is 0 Å². The van der Waals surface area contributed by atoms with E-state index in [4.69, 9.17) is 9.47 Å². The fourth-order valence-corrected chi connectivity index (χ4v) is 3.13. The Morgan fingerprint density at radius 3 is 3.00 bits per heavy atom. The van der Waals surface area contributed by atoms with Gasteiger partial charge >= 0.3 is 0 Å². The molecule has 3 heteroatoms. The minimum absolute atomic E-state index is 0.00164. The van der Waals surface area contributed by atoms with Gasteiger partial charge in [-0.2, -0.15) is 0 Å². The van der Waals surface area contributed by atoms with E-state index in [1.54, 1.807) is 0 Å². The molecule has 0 saturated carbocycles. The second kappa shape index (κ2) is 5.61. The highest BCUT2D eigenvalue weighted by atomic mass is 16.6. The molecule has 0 amide bonds. The van der Waals surface area contributed by atoms with E-state index in [1.807, 2.05) is 0 Å². The Bertz CT molecular complexity index is 427. The molecule has 2 atom stereocenters. The van der Waals surface area contributed by atoms with Crippen molar-refractivity contribution in [1.82, 2.24) is 5.32 Å². The quantitative estimate of drug-likeness (QED) is 0.906. The number of hydrogen-bond acceptors (Lipinski definition) is 3. The van der Waals surface area contributed by atoms with Crippen molar-refractivity contribution in [3.63, 3.8) is 0 Å². The Kier molecular flexibility index (Phi) is 3.87. The van der Waals surface area contributed by atoms with Crippen molar-refractivity contribution in [2.45, 2.75) is 44.4 Å². The van der Waals surface area contributed by atoms with Crippen LogP contribution in [-0.4, -0.2) is 31.5 Å². The van der Waals surface area contributed by atoms with Crippen molar-refractivity contribution in [3.8, 4) is 0 Å². The molecule has 0 unspecified atom stereocenters. The lowest BCUT2D eigenvalue weighted by molar-refractivity contribution is -0.0894. The predicted molar refractivity (Wildman–Crippen MR) is 75.2 cm³/mol. The molecule has 0 aliphatic carbocycles. The second-order valence-corrected chi connectivity index (χ2v) is 5.83. The van der Waals surface area contributed by atoms with Crippen molar-refractivity contribution in [2.24, 2.45) is 0 Å². The Hall–Kier alpha value is -0.900. The molecule has 0 aromatic heterocycles. The molecule has 0 radical (unpaired) electrons. The lowest BCUT2D eigenvalue weighted by Gasteiger charge is -2.37. The number of rotatable bonds is 3. The third kappa shape index (κ3) is 2.99. The number of aryl methyl sites for hydroxylation is 1. The highest BCUT2D eigenvalue weighted by Crippen LogP contribution is 2.32. The van der Waals surface area contributed by atoms with Gasteiger partial charge in [0.1, 0.15) is 0 Å². The average Bonchev–Trinajstić information content (AvgIpc) is 2.86. The zero-order valence-electron chi connectivity index (χ0n) is 11.7. The molecule has 3 nitrogen and oxygen atoms in total. The maximum absolute atomic E-state index is 5.97. The van der Waals surface area contributed by atoms with Crippen molar-refractivity contribution < 1.29 is 9.47 Å². The van der Waals surface area contributed by atoms with E-state index in [0.717, 1.165) is 45.6 Å². The number of benzene rings is 1. The largest absolute Gasteiger partial charge is 0.378 e. The van der Waals surface area contributed by atoms with Gasteiger partial charge in [-0.3, -0.25) is 0 Å². The van der Waals surface area contributed by atoms with Crippen LogP contribution in [0.4, 0.5) is 0 Å². The maximum Gasteiger partial charge on any atom is 0.0951 e. The molecule has 2 fully saturated rings. The average molecular weight is 261 g/mol. The van der Waals surface area contributed by atoms with Crippen molar-refractivity contribution in [1.29, 1.82) is 0 Å². The Morgan fingerprint density at radius 1 is 1.32 bits per heavy atom. The van der Waals surface area contributed by atoms with E-state index < -0.39 is 0 Å². The van der Waals surface area contributed by atoms with Gasteiger partial charge in [-0.05, 0) is 30.9 Å². The fraction of sp³-hybridized carbons (Fsp3) is 0.625. The van der Waals surface area contributed by atoms with Gasteiger partial charge in [0.05, 0.1) is 12.2 Å². The SMILES string of the molecule is Cc1ccccc1CN[C@@H]1CCO[C@@]2(CCOC2)C1. The van der Waals surface area contributed by atoms with Crippen LogP contribution in [-0.2, 0) is 16.0 Å². The Balaban J connectivity index is 1.57. The van der Waals surface area contributed by atoms with Crippen molar-refractivity contribution in [2.75, 3.05) is 19.8 Å². The summed E-state index contributed by atoms with van der Waals surface area (Å²) in [5.74, 6) is 0. The van der Waals surface area contributed by atoms with Crippen LogP contribution in [0.1, 0.15) is 30.4 Å². The minimum Gasteiger partial charge on any atom is -0.378 e. The van der Waals surface area contributed by atoms with E-state index in [0.29, 0.717) is 6.04 Å². The number of ether oxygens (including phenoxy) is 2. The normalized spacial score (nSPS) is 30.9. The molecule has 1 N–H and O–H groups in total. The summed E-state index contributed by atoms with van der Waals surface area (Å²) in [6.07, 6.45) is 3.24. The Morgan fingerprint density at radius 2 is 2.21 bits per heavy atom. The molecule has 1 aromatic rings. The monoisotopic (exact) mass is 261 g/mol. The first-order valence-corrected chi connectivity index (χ1v) is 7.27. The highest BCUT2D eigenvalue weighted by Gasteiger charge is 2.40. The lowest BCUT2D eigenvalue weighted by Crippen LogP contribution is -2.47. The summed E-state index contributed by atoms with van der Waals surface area (Å²) < 4.78 is 11.5. The van der Waals surface area contributed by atoms with Crippen LogP contribution < -0.4 is 5.32 Å². The molecule has 2 aliphatic heterocycles. The van der Waals surface area contributed by atoms with E-state index in [9.17, 15) is 0 Å². The highest BCUT2D eigenvalue weighted by molar-refractivity contribution is 5.25. The van der Waals surface area contributed by atoms with Crippen LogP contribution in [0.15, 0.2) is 24.3 Å². The molecule has 2 aliphatic rings. The van der Waals surface area contributed by atoms with E-state index in [1.165, 1.54) is 11.1 Å². The van der Waals surface area contributed by atoms with Gasteiger partial charge in [0, 0.05) is 32.2 Å². The smallest absolute Gasteiger partial charge is 0.0951 e. The molecule has 2 heterocycles. The van der Waals surface area contributed by atoms with Gasteiger partial charge in [0.15, 0.2) is 0 Å². The molecule has 19 heavy (non-hydrogen) atoms. The van der Waals surface area contributed by atoms with E-state index in [2.05, 4.69) is 36.5 Å². The third-order valence-electron chi connectivity index (χ3n) is 4.40. The van der Waals surface area contributed by atoms with Crippen LogP contribution in [0.25, 0.3) is 0 Å². The molecule has 2 saturated heterocycles. The fourth-order valence-electron chi connectivity index (χ4n) is 3.13. The summed E-state index contributed by atoms with van der Waals surface area (Å²) >= 11 is 0. The van der Waals surface area contributed by atoms with Crippen LogP contribution in [0.2, 0.25) is 0 Å². The van der Waals surface area contributed by atoms with Crippen LogP contribution in [0, 0.1) is 6.92 Å². The first-order chi connectivity index (χ1) is 9.27. The molecule has 104 valence electrons. The topological polar surface area (TPSA) is 30.5 Å². The standard InChI is InChI=1S/C16H23NO2/c1-13-4-2-3-5-14(13)11-17-15-6-8-19-16(10-15)7-9-18-12-16/h2-5,15,17H,6-12H2,1H3/t15-,16+/m1/s1. The number of nitrogens with one attached hydrogen (secondary N) is 1. The molecule has 0 bridgehead atoms. The first kappa shape index (κ1) is 13.1. The van der Waals surface area contributed by atoms with E-state index in [-0.39, 0.29) is 5.60 Å². The maximum atomic E-state index is 5.97. The van der Waals surface area contributed by atoms with Crippen molar-refractivity contribution >= 4 is 0 Å². The van der Waals surface area contributed by atoms with Crippen molar-refractivity contribution in [3.05, 3.63) is 35.4 Å². The summed E-state index contributed by atoms with van der Waals surface area (Å²) in [7, 11) is 0. The van der Waals surface area contributed by atoms with E-state index >= 15 is 0 Å². The summed E-state index contributed by atoms with van der Waals surface area (Å²) in [6.45, 7) is 5.61. The number of hydrogen-bond donors (Lipinski definition) is 1. The summed E-state index contributed by atoms with van der Waals surface area (Å²) in [6, 6.07) is 9.14. The van der Waals surface area contributed by atoms with Crippen LogP contribution >= 0.6 is 0 Å². The molecular formula is C16H23NO2. The van der Waals surface area contributed by atoms with Crippen LogP contribution in [0.5, 0.6) is 0 Å². The summed E-state index contributed by atoms with van der Waals surface area (Å²) in [5, 5.41) is 3.69. The van der Waals surface area contributed by atoms with Gasteiger partial charge in [-0.25, -0.2) is 0 Å². The molecule has 3 rings (SSSR count). The second-order valence-electron chi connectivity index (χ2n) is 5.83.